The van der Waals surface area contributed by atoms with Crippen molar-refractivity contribution in [3.8, 4) is 0 Å². The second-order valence-electron chi connectivity index (χ2n) is 3.75. The Hall–Kier alpha value is -2.77. The summed E-state index contributed by atoms with van der Waals surface area (Å²) < 4.78 is 40.0. The number of para-hydroxylation sites is 1. The van der Waals surface area contributed by atoms with E-state index in [1.54, 1.807) is 0 Å². The number of aromatic nitrogens is 1. The van der Waals surface area contributed by atoms with Crippen molar-refractivity contribution in [2.75, 3.05) is 5.32 Å². The zero-order valence-corrected chi connectivity index (χ0v) is 9.71. The molecule has 0 aliphatic carbocycles. The minimum atomic E-state index is -1.65. The van der Waals surface area contributed by atoms with Gasteiger partial charge in [0.25, 0.3) is 5.56 Å². The molecule has 0 bridgehead atoms. The molecule has 0 fully saturated rings. The fourth-order valence-electron chi connectivity index (χ4n) is 1.55. The summed E-state index contributed by atoms with van der Waals surface area (Å²) in [6.45, 7) is 0. The quantitative estimate of drug-likeness (QED) is 0.755. The van der Waals surface area contributed by atoms with E-state index in [4.69, 9.17) is 5.11 Å². The number of hydrogen-bond donors (Lipinski definition) is 3. The third-order valence-corrected chi connectivity index (χ3v) is 2.47. The Balaban J connectivity index is 2.57. The van der Waals surface area contributed by atoms with Gasteiger partial charge in [-0.1, -0.05) is 12.1 Å². The van der Waals surface area contributed by atoms with Gasteiger partial charge in [0.05, 0.1) is 11.3 Å². The van der Waals surface area contributed by atoms with Crippen molar-refractivity contribution >= 4 is 17.3 Å². The molecule has 0 aliphatic heterocycles. The SMILES string of the molecule is O=C(O)c1ccccc1Nc1c(F)c(F)[nH]c(=O)c1F. The van der Waals surface area contributed by atoms with E-state index in [2.05, 4.69) is 5.32 Å². The van der Waals surface area contributed by atoms with Gasteiger partial charge in [-0.3, -0.25) is 9.78 Å². The highest BCUT2D eigenvalue weighted by Crippen LogP contribution is 2.24. The maximum Gasteiger partial charge on any atom is 0.337 e. The van der Waals surface area contributed by atoms with Gasteiger partial charge in [-0.15, -0.1) is 0 Å². The molecule has 5 nitrogen and oxygen atoms in total. The highest BCUT2D eigenvalue weighted by Gasteiger charge is 2.20. The number of rotatable bonds is 3. The standard InChI is InChI=1S/C12H7F3N2O3/c13-7-9(8(14)11(18)17-10(7)15)16-6-4-2-1-3-5(6)12(19)20/h1-4H,(H,19,20)(H2,16,17,18). The molecule has 8 heteroatoms. The average Bonchev–Trinajstić information content (AvgIpc) is 2.41. The first-order valence-electron chi connectivity index (χ1n) is 5.28. The number of carbonyl (C=O) groups is 1. The van der Waals surface area contributed by atoms with E-state index in [0.717, 1.165) is 0 Å². The predicted octanol–water partition coefficient (Wildman–Crippen LogP) is 2.23. The number of nitrogens with one attached hydrogen (secondary N) is 2. The van der Waals surface area contributed by atoms with Gasteiger partial charge < -0.3 is 10.4 Å². The zero-order chi connectivity index (χ0) is 14.9. The summed E-state index contributed by atoms with van der Waals surface area (Å²) in [4.78, 5) is 23.3. The van der Waals surface area contributed by atoms with Gasteiger partial charge in [-0.05, 0) is 12.1 Å². The molecule has 0 amide bonds. The van der Waals surface area contributed by atoms with Crippen LogP contribution in [0.2, 0.25) is 0 Å². The second kappa shape index (κ2) is 5.08. The number of benzene rings is 1. The maximum absolute atomic E-state index is 13.5. The third-order valence-electron chi connectivity index (χ3n) is 2.47. The minimum Gasteiger partial charge on any atom is -0.478 e. The topological polar surface area (TPSA) is 82.2 Å². The van der Waals surface area contributed by atoms with Crippen LogP contribution >= 0.6 is 0 Å². The number of H-pyrrole nitrogens is 1. The summed E-state index contributed by atoms with van der Waals surface area (Å²) in [6.07, 6.45) is 0. The van der Waals surface area contributed by atoms with Gasteiger partial charge in [0, 0.05) is 0 Å². The lowest BCUT2D eigenvalue weighted by molar-refractivity contribution is 0.0698. The van der Waals surface area contributed by atoms with E-state index in [1.165, 1.54) is 29.2 Å². The highest BCUT2D eigenvalue weighted by atomic mass is 19.2. The van der Waals surface area contributed by atoms with Crippen LogP contribution in [0.1, 0.15) is 10.4 Å². The average molecular weight is 284 g/mol. The fraction of sp³-hybridized carbons (Fsp3) is 0. The lowest BCUT2D eigenvalue weighted by atomic mass is 10.1. The van der Waals surface area contributed by atoms with Crippen molar-refractivity contribution in [3.63, 3.8) is 0 Å². The van der Waals surface area contributed by atoms with Crippen molar-refractivity contribution < 1.29 is 23.1 Å². The monoisotopic (exact) mass is 284 g/mol. The van der Waals surface area contributed by atoms with E-state index in [9.17, 15) is 22.8 Å². The molecule has 0 saturated carbocycles. The number of aromatic amines is 1. The van der Waals surface area contributed by atoms with Gasteiger partial charge in [0.1, 0.15) is 5.69 Å². The molecule has 0 aliphatic rings. The second-order valence-corrected chi connectivity index (χ2v) is 3.75. The number of pyridine rings is 1. The molecule has 104 valence electrons. The minimum absolute atomic E-state index is 0.178. The molecule has 0 radical (unpaired) electrons. The Kier molecular flexibility index (Phi) is 3.47. The van der Waals surface area contributed by atoms with Crippen LogP contribution in [0.4, 0.5) is 24.5 Å². The number of hydrogen-bond acceptors (Lipinski definition) is 3. The summed E-state index contributed by atoms with van der Waals surface area (Å²) in [5.74, 6) is -6.22. The van der Waals surface area contributed by atoms with Gasteiger partial charge >= 0.3 is 5.97 Å². The first-order valence-corrected chi connectivity index (χ1v) is 5.28. The molecule has 0 unspecified atom stereocenters. The molecule has 0 atom stereocenters. The van der Waals surface area contributed by atoms with Crippen LogP contribution in [0.15, 0.2) is 29.1 Å². The highest BCUT2D eigenvalue weighted by molar-refractivity contribution is 5.95. The Morgan fingerprint density at radius 1 is 1.15 bits per heavy atom. The summed E-state index contributed by atoms with van der Waals surface area (Å²) in [5.41, 5.74) is -2.98. The number of aromatic carboxylic acids is 1. The van der Waals surface area contributed by atoms with Crippen LogP contribution in [0, 0.1) is 17.6 Å². The molecular weight excluding hydrogens is 277 g/mol. The summed E-state index contributed by atoms with van der Waals surface area (Å²) in [7, 11) is 0. The van der Waals surface area contributed by atoms with Gasteiger partial charge in [0.2, 0.25) is 17.6 Å². The maximum atomic E-state index is 13.5. The molecule has 1 heterocycles. The van der Waals surface area contributed by atoms with Crippen molar-refractivity contribution in [3.05, 3.63) is 57.8 Å². The van der Waals surface area contributed by atoms with Crippen LogP contribution in [0.25, 0.3) is 0 Å². The lowest BCUT2D eigenvalue weighted by Gasteiger charge is -2.10. The Bertz CT molecular complexity index is 743. The van der Waals surface area contributed by atoms with Crippen LogP contribution < -0.4 is 10.9 Å². The van der Waals surface area contributed by atoms with Crippen molar-refractivity contribution in [2.45, 2.75) is 0 Å². The molecule has 1 aromatic carbocycles. The first-order chi connectivity index (χ1) is 9.41. The van der Waals surface area contributed by atoms with E-state index < -0.39 is 34.8 Å². The lowest BCUT2D eigenvalue weighted by Crippen LogP contribution is -2.18. The van der Waals surface area contributed by atoms with E-state index in [-0.39, 0.29) is 11.3 Å². The zero-order valence-electron chi connectivity index (χ0n) is 9.71. The molecule has 2 aromatic rings. The van der Waals surface area contributed by atoms with E-state index in [1.807, 2.05) is 0 Å². The molecule has 20 heavy (non-hydrogen) atoms. The molecule has 2 rings (SSSR count). The van der Waals surface area contributed by atoms with Gasteiger partial charge in [-0.25, -0.2) is 4.79 Å². The van der Waals surface area contributed by atoms with E-state index in [0.29, 0.717) is 0 Å². The Labute approximate surface area is 109 Å². The number of carboxylic acid groups (broad SMARTS) is 1. The largest absolute Gasteiger partial charge is 0.478 e. The molecule has 3 N–H and O–H groups in total. The Morgan fingerprint density at radius 3 is 2.45 bits per heavy atom. The smallest absolute Gasteiger partial charge is 0.337 e. The molecule has 0 saturated heterocycles. The first kappa shape index (κ1) is 13.7. The fourth-order valence-corrected chi connectivity index (χ4v) is 1.55. The normalized spacial score (nSPS) is 10.3. The van der Waals surface area contributed by atoms with Crippen molar-refractivity contribution in [2.24, 2.45) is 0 Å². The third kappa shape index (κ3) is 2.35. The predicted molar refractivity (Wildman–Crippen MR) is 63.6 cm³/mol. The number of anilines is 2. The van der Waals surface area contributed by atoms with Crippen LogP contribution in [-0.4, -0.2) is 16.1 Å². The van der Waals surface area contributed by atoms with E-state index >= 15 is 0 Å². The van der Waals surface area contributed by atoms with Gasteiger partial charge in [-0.2, -0.15) is 13.2 Å². The van der Waals surface area contributed by atoms with Crippen molar-refractivity contribution in [1.82, 2.24) is 4.98 Å². The Morgan fingerprint density at radius 2 is 1.80 bits per heavy atom. The summed E-state index contributed by atoms with van der Waals surface area (Å²) in [6, 6.07) is 5.22. The number of halogens is 3. The van der Waals surface area contributed by atoms with Crippen LogP contribution in [0.3, 0.4) is 0 Å². The van der Waals surface area contributed by atoms with Crippen LogP contribution in [0.5, 0.6) is 0 Å². The van der Waals surface area contributed by atoms with Crippen molar-refractivity contribution in [1.29, 1.82) is 0 Å². The molecule has 0 spiro atoms. The molecular formula is C12H7F3N2O3. The molecule has 1 aromatic heterocycles. The van der Waals surface area contributed by atoms with Gasteiger partial charge in [0.15, 0.2) is 0 Å². The summed E-state index contributed by atoms with van der Waals surface area (Å²) in [5, 5.41) is 11.0. The van der Waals surface area contributed by atoms with Crippen LogP contribution in [-0.2, 0) is 0 Å². The summed E-state index contributed by atoms with van der Waals surface area (Å²) >= 11 is 0. The number of carboxylic acids is 1.